The SMILES string of the molecule is COc1cccc(C2OCC[N@@+](CC(C)(C)C)([C@@]3(C(=O)O)CCNC[C@@H]3C(C)=O)c3ccc(Cl)cc32)c1OC. The molecule has 1 saturated heterocycles. The third-order valence-electron chi connectivity index (χ3n) is 8.18. The van der Waals surface area contributed by atoms with Gasteiger partial charge in [0.1, 0.15) is 24.1 Å². The normalized spacial score (nSPS) is 27.3. The number of carbonyl (C=O) groups is 2. The Morgan fingerprint density at radius 3 is 2.54 bits per heavy atom. The highest BCUT2D eigenvalue weighted by molar-refractivity contribution is 6.30. The van der Waals surface area contributed by atoms with Crippen molar-refractivity contribution in [3.05, 3.63) is 52.5 Å². The Kier molecular flexibility index (Phi) is 8.34. The summed E-state index contributed by atoms with van der Waals surface area (Å²) >= 11 is 6.60. The van der Waals surface area contributed by atoms with E-state index in [1.807, 2.05) is 30.3 Å². The molecule has 2 aliphatic heterocycles. The number of ketones is 1. The zero-order chi connectivity index (χ0) is 28.6. The maximum absolute atomic E-state index is 13.6. The fraction of sp³-hybridized carbons (Fsp3) is 0.533. The summed E-state index contributed by atoms with van der Waals surface area (Å²) in [4.78, 5) is 26.8. The van der Waals surface area contributed by atoms with E-state index >= 15 is 0 Å². The molecule has 0 spiro atoms. The molecule has 1 unspecified atom stereocenters. The number of methoxy groups -OCH3 is 2. The van der Waals surface area contributed by atoms with Crippen LogP contribution in [0.15, 0.2) is 36.4 Å². The zero-order valence-corrected chi connectivity index (χ0v) is 24.4. The Morgan fingerprint density at radius 2 is 1.92 bits per heavy atom. The van der Waals surface area contributed by atoms with Crippen molar-refractivity contribution in [1.29, 1.82) is 0 Å². The summed E-state index contributed by atoms with van der Waals surface area (Å²) in [5, 5.41) is 14.9. The summed E-state index contributed by atoms with van der Waals surface area (Å²) in [6, 6.07) is 11.2. The van der Waals surface area contributed by atoms with Gasteiger partial charge in [0, 0.05) is 47.1 Å². The van der Waals surface area contributed by atoms with Crippen molar-refractivity contribution in [1.82, 2.24) is 9.80 Å². The van der Waals surface area contributed by atoms with Crippen molar-refractivity contribution >= 4 is 29.0 Å². The predicted octanol–water partition coefficient (Wildman–Crippen LogP) is 4.85. The molecule has 0 amide bonds. The number of fused-ring (bicyclic) bond motifs is 1. The van der Waals surface area contributed by atoms with E-state index in [4.69, 9.17) is 25.8 Å². The first-order valence-corrected chi connectivity index (χ1v) is 13.7. The van der Waals surface area contributed by atoms with Crippen LogP contribution in [0.5, 0.6) is 11.5 Å². The number of piperidine rings is 1. The lowest BCUT2D eigenvalue weighted by Gasteiger charge is -2.56. The van der Waals surface area contributed by atoms with E-state index in [-0.39, 0.29) is 22.3 Å². The second-order valence-electron chi connectivity index (χ2n) is 11.8. The lowest BCUT2D eigenvalue weighted by molar-refractivity contribution is -0.162. The van der Waals surface area contributed by atoms with Gasteiger partial charge >= 0.3 is 5.97 Å². The number of rotatable bonds is 7. The van der Waals surface area contributed by atoms with Crippen LogP contribution in [-0.2, 0) is 14.3 Å². The van der Waals surface area contributed by atoms with Gasteiger partial charge in [0.05, 0.1) is 33.3 Å². The molecule has 1 fully saturated rings. The van der Waals surface area contributed by atoms with Crippen LogP contribution in [0, 0.1) is 11.3 Å². The Labute approximate surface area is 235 Å². The molecular formula is C30H40ClN2O6+. The zero-order valence-electron chi connectivity index (χ0n) is 23.7. The quantitative estimate of drug-likeness (QED) is 0.468. The van der Waals surface area contributed by atoms with Crippen molar-refractivity contribution in [2.75, 3.05) is 47.0 Å². The average Bonchev–Trinajstić information content (AvgIpc) is 3.03. The fourth-order valence-corrected chi connectivity index (χ4v) is 7.05. The number of carboxylic acid groups (broad SMARTS) is 1. The van der Waals surface area contributed by atoms with Gasteiger partial charge in [-0.3, -0.25) is 9.28 Å². The third-order valence-corrected chi connectivity index (χ3v) is 8.42. The molecule has 0 bridgehead atoms. The minimum atomic E-state index is -1.40. The first-order chi connectivity index (χ1) is 18.4. The third kappa shape index (κ3) is 5.04. The highest BCUT2D eigenvalue weighted by atomic mass is 35.5. The number of nitrogens with one attached hydrogen (secondary N) is 1. The van der Waals surface area contributed by atoms with Crippen molar-refractivity contribution in [3.8, 4) is 11.5 Å². The number of halogens is 1. The Balaban J connectivity index is 2.09. The fourth-order valence-electron chi connectivity index (χ4n) is 6.87. The number of Topliss-reactive ketones (excluding diaryl/α,β-unsaturated/α-hetero) is 1. The van der Waals surface area contributed by atoms with Crippen LogP contribution in [0.2, 0.25) is 5.02 Å². The highest BCUT2D eigenvalue weighted by Gasteiger charge is 2.66. The Morgan fingerprint density at radius 1 is 1.18 bits per heavy atom. The molecule has 212 valence electrons. The van der Waals surface area contributed by atoms with Crippen LogP contribution in [0.4, 0.5) is 5.69 Å². The van der Waals surface area contributed by atoms with Crippen LogP contribution in [0.25, 0.3) is 0 Å². The lowest BCUT2D eigenvalue weighted by Crippen LogP contribution is -2.78. The summed E-state index contributed by atoms with van der Waals surface area (Å²) in [5.74, 6) is -0.714. The topological polar surface area (TPSA) is 94.1 Å². The van der Waals surface area contributed by atoms with Crippen LogP contribution in [-0.4, -0.2) is 69.4 Å². The van der Waals surface area contributed by atoms with E-state index in [0.29, 0.717) is 49.1 Å². The molecule has 4 rings (SSSR count). The van der Waals surface area contributed by atoms with Crippen LogP contribution < -0.4 is 19.3 Å². The molecule has 0 aromatic heterocycles. The largest absolute Gasteiger partial charge is 0.493 e. The number of carbonyl (C=O) groups excluding carboxylic acids is 1. The molecule has 4 atom stereocenters. The Bertz CT molecular complexity index is 1240. The molecule has 2 aromatic rings. The molecule has 2 heterocycles. The van der Waals surface area contributed by atoms with Gasteiger partial charge in [-0.25, -0.2) is 4.79 Å². The van der Waals surface area contributed by atoms with Crippen molar-refractivity contribution in [2.45, 2.75) is 45.8 Å². The minimum absolute atomic E-state index is 0.0764. The molecule has 2 aliphatic rings. The summed E-state index contributed by atoms with van der Waals surface area (Å²) < 4.78 is 18.0. The molecule has 39 heavy (non-hydrogen) atoms. The lowest BCUT2D eigenvalue weighted by atomic mass is 9.71. The molecule has 0 radical (unpaired) electrons. The Hall–Kier alpha value is -2.65. The van der Waals surface area contributed by atoms with Gasteiger partial charge in [0.2, 0.25) is 5.54 Å². The van der Waals surface area contributed by atoms with Gasteiger partial charge in [0.25, 0.3) is 0 Å². The summed E-state index contributed by atoms with van der Waals surface area (Å²) in [6.07, 6.45) is -0.287. The van der Waals surface area contributed by atoms with E-state index in [1.165, 1.54) is 6.92 Å². The highest BCUT2D eigenvalue weighted by Crippen LogP contribution is 2.52. The monoisotopic (exact) mass is 559 g/mol. The number of ether oxygens (including phenoxy) is 3. The van der Waals surface area contributed by atoms with Gasteiger partial charge in [0.15, 0.2) is 11.5 Å². The predicted molar refractivity (Wildman–Crippen MR) is 152 cm³/mol. The molecule has 0 aliphatic carbocycles. The average molecular weight is 560 g/mol. The minimum Gasteiger partial charge on any atom is -0.493 e. The summed E-state index contributed by atoms with van der Waals surface area (Å²) in [6.45, 7) is 9.76. The van der Waals surface area contributed by atoms with Gasteiger partial charge in [-0.15, -0.1) is 0 Å². The van der Waals surface area contributed by atoms with E-state index in [9.17, 15) is 14.7 Å². The number of quaternary nitrogens is 1. The molecule has 9 heteroatoms. The van der Waals surface area contributed by atoms with Crippen LogP contribution >= 0.6 is 11.6 Å². The number of aliphatic carboxylic acids is 1. The van der Waals surface area contributed by atoms with E-state index in [1.54, 1.807) is 20.3 Å². The molecule has 2 N–H and O–H groups in total. The standard InChI is InChI=1S/C30H39ClN2O6/c1-19(34)23-17-32-13-12-30(23,28(35)36)33(18-29(2,3)4)14-15-39-26(22-16-20(31)10-11-24(22)33)21-8-7-9-25(37-5)27(21)38-6/h7-11,16,23,26,32H,12-15,17-18H2,1-6H3/p+1/t23-,26?,30+,33+/m1/s1. The van der Waals surface area contributed by atoms with Gasteiger partial charge < -0.3 is 24.6 Å². The van der Waals surface area contributed by atoms with Crippen molar-refractivity contribution in [2.24, 2.45) is 11.3 Å². The second kappa shape index (κ2) is 11.1. The number of carboxylic acids is 1. The number of hydrogen-bond acceptors (Lipinski definition) is 6. The van der Waals surface area contributed by atoms with Gasteiger partial charge in [-0.2, -0.15) is 0 Å². The molecule has 0 saturated carbocycles. The number of benzene rings is 2. The maximum atomic E-state index is 13.6. The summed E-state index contributed by atoms with van der Waals surface area (Å²) in [7, 11) is 3.17. The summed E-state index contributed by atoms with van der Waals surface area (Å²) in [5.41, 5.74) is 0.645. The van der Waals surface area contributed by atoms with Gasteiger partial charge in [-0.1, -0.05) is 44.5 Å². The number of para-hydroxylation sites is 1. The van der Waals surface area contributed by atoms with E-state index in [0.717, 1.165) is 16.8 Å². The first-order valence-electron chi connectivity index (χ1n) is 13.4. The van der Waals surface area contributed by atoms with E-state index < -0.39 is 23.5 Å². The smallest absolute Gasteiger partial charge is 0.367 e. The molecule has 2 aromatic carbocycles. The molecule has 8 nitrogen and oxygen atoms in total. The second-order valence-corrected chi connectivity index (χ2v) is 12.2. The van der Waals surface area contributed by atoms with Crippen LogP contribution in [0.3, 0.4) is 0 Å². The first kappa shape index (κ1) is 29.3. The van der Waals surface area contributed by atoms with Gasteiger partial charge in [-0.05, 0) is 25.1 Å². The number of nitrogens with zero attached hydrogens (tertiary/aromatic N) is 1. The molecular weight excluding hydrogens is 520 g/mol. The van der Waals surface area contributed by atoms with Crippen LogP contribution in [0.1, 0.15) is 51.3 Å². The van der Waals surface area contributed by atoms with E-state index in [2.05, 4.69) is 26.1 Å². The number of hydrogen-bond donors (Lipinski definition) is 2. The van der Waals surface area contributed by atoms with Crippen molar-refractivity contribution < 1.29 is 28.9 Å². The maximum Gasteiger partial charge on any atom is 0.367 e. The van der Waals surface area contributed by atoms with Crippen molar-refractivity contribution in [3.63, 3.8) is 0 Å².